The summed E-state index contributed by atoms with van der Waals surface area (Å²) in [4.78, 5) is 12.8. The molecule has 0 bridgehead atoms. The third-order valence-corrected chi connectivity index (χ3v) is 4.99. The Morgan fingerprint density at radius 3 is 3.04 bits per heavy atom. The molecule has 1 N–H and O–H groups in total. The van der Waals surface area contributed by atoms with Gasteiger partial charge in [-0.05, 0) is 48.5 Å². The first-order valence-corrected chi connectivity index (χ1v) is 9.49. The fourth-order valence-corrected chi connectivity index (χ4v) is 3.44. The van der Waals surface area contributed by atoms with E-state index in [-0.39, 0.29) is 12.0 Å². The third kappa shape index (κ3) is 4.50. The quantitative estimate of drug-likeness (QED) is 0.761. The van der Waals surface area contributed by atoms with Crippen LogP contribution in [0.2, 0.25) is 0 Å². The molecule has 3 rings (SSSR count). The largest absolute Gasteiger partial charge is 0.493 e. The van der Waals surface area contributed by atoms with Gasteiger partial charge in [0.05, 0.1) is 18.9 Å². The molecule has 2 heterocycles. The number of methoxy groups -OCH3 is 1. The van der Waals surface area contributed by atoms with E-state index in [0.717, 1.165) is 42.2 Å². The van der Waals surface area contributed by atoms with Crippen molar-refractivity contribution >= 4 is 17.4 Å². The molecule has 140 valence electrons. The van der Waals surface area contributed by atoms with Gasteiger partial charge in [0.25, 0.3) is 5.91 Å². The lowest BCUT2D eigenvalue weighted by molar-refractivity contribution is 0.0669. The molecule has 26 heavy (non-hydrogen) atoms. The van der Waals surface area contributed by atoms with Crippen molar-refractivity contribution in [3.63, 3.8) is 0 Å². The zero-order valence-corrected chi connectivity index (χ0v) is 15.8. The van der Waals surface area contributed by atoms with E-state index in [1.165, 1.54) is 0 Å². The predicted molar refractivity (Wildman–Crippen MR) is 97.9 cm³/mol. The fraction of sp³-hybridized carbons (Fsp3) is 0.500. The number of ether oxygens (including phenoxy) is 3. The van der Waals surface area contributed by atoms with Crippen LogP contribution >= 0.6 is 11.5 Å². The van der Waals surface area contributed by atoms with Crippen LogP contribution in [0, 0.1) is 0 Å². The van der Waals surface area contributed by atoms with Gasteiger partial charge in [-0.25, -0.2) is 0 Å². The third-order valence-electron chi connectivity index (χ3n) is 4.23. The van der Waals surface area contributed by atoms with E-state index < -0.39 is 0 Å². The normalized spacial score (nSPS) is 16.5. The van der Waals surface area contributed by atoms with Crippen LogP contribution in [0.15, 0.2) is 18.2 Å². The van der Waals surface area contributed by atoms with Crippen LogP contribution < -0.4 is 14.8 Å². The average molecular weight is 377 g/mol. The standard InChI is InChI=1S/C18H23N3O4S/c1-3-14-17(26-21-20-14)18(22)19-10-12-6-7-15(16(9-12)23-2)25-11-13-5-4-8-24-13/h6-7,9,13H,3-5,8,10-11H2,1-2H3,(H,19,22). The molecule has 1 aliphatic heterocycles. The Balaban J connectivity index is 1.58. The van der Waals surface area contributed by atoms with Gasteiger partial charge in [-0.2, -0.15) is 0 Å². The number of amides is 1. The van der Waals surface area contributed by atoms with Crippen LogP contribution in [0.1, 0.15) is 40.7 Å². The second-order valence-electron chi connectivity index (χ2n) is 6.02. The van der Waals surface area contributed by atoms with Crippen molar-refractivity contribution in [3.05, 3.63) is 34.3 Å². The minimum atomic E-state index is -0.158. The monoisotopic (exact) mass is 377 g/mol. The highest BCUT2D eigenvalue weighted by Crippen LogP contribution is 2.29. The number of aromatic nitrogens is 2. The zero-order valence-electron chi connectivity index (χ0n) is 15.0. The molecule has 1 saturated heterocycles. The van der Waals surface area contributed by atoms with Gasteiger partial charge in [-0.15, -0.1) is 5.10 Å². The van der Waals surface area contributed by atoms with Crippen LogP contribution in [-0.2, 0) is 17.7 Å². The van der Waals surface area contributed by atoms with Crippen molar-refractivity contribution in [2.24, 2.45) is 0 Å². The molecular formula is C18H23N3O4S. The molecule has 2 aromatic rings. The molecule has 1 unspecified atom stereocenters. The minimum absolute atomic E-state index is 0.152. The summed E-state index contributed by atoms with van der Waals surface area (Å²) in [6, 6.07) is 5.65. The number of carbonyl (C=O) groups is 1. The van der Waals surface area contributed by atoms with E-state index in [1.807, 2.05) is 25.1 Å². The predicted octanol–water partition coefficient (Wildman–Crippen LogP) is 2.60. The number of nitrogens with one attached hydrogen (secondary N) is 1. The highest BCUT2D eigenvalue weighted by molar-refractivity contribution is 7.08. The molecule has 1 aliphatic rings. The van der Waals surface area contributed by atoms with Gasteiger partial charge >= 0.3 is 0 Å². The smallest absolute Gasteiger partial charge is 0.265 e. The molecule has 0 radical (unpaired) electrons. The van der Waals surface area contributed by atoms with Crippen molar-refractivity contribution in [2.45, 2.75) is 38.8 Å². The highest BCUT2D eigenvalue weighted by atomic mass is 32.1. The molecular weight excluding hydrogens is 354 g/mol. The molecule has 7 nitrogen and oxygen atoms in total. The number of aryl methyl sites for hydroxylation is 1. The lowest BCUT2D eigenvalue weighted by Crippen LogP contribution is -2.23. The summed E-state index contributed by atoms with van der Waals surface area (Å²) in [5.74, 6) is 1.16. The summed E-state index contributed by atoms with van der Waals surface area (Å²) in [5, 5.41) is 6.86. The maximum Gasteiger partial charge on any atom is 0.265 e. The number of benzene rings is 1. The Kier molecular flexibility index (Phi) is 6.40. The summed E-state index contributed by atoms with van der Waals surface area (Å²) in [7, 11) is 1.60. The lowest BCUT2D eigenvalue weighted by atomic mass is 10.2. The van der Waals surface area contributed by atoms with E-state index in [1.54, 1.807) is 7.11 Å². The number of hydrogen-bond acceptors (Lipinski definition) is 7. The summed E-state index contributed by atoms with van der Waals surface area (Å²) in [5.41, 5.74) is 1.65. The molecule has 1 aromatic carbocycles. The van der Waals surface area contributed by atoms with Gasteiger partial charge < -0.3 is 19.5 Å². The summed E-state index contributed by atoms with van der Waals surface area (Å²) in [6.45, 7) is 3.67. The first kappa shape index (κ1) is 18.6. The van der Waals surface area contributed by atoms with E-state index in [2.05, 4.69) is 14.9 Å². The van der Waals surface area contributed by atoms with E-state index in [4.69, 9.17) is 14.2 Å². The maximum atomic E-state index is 12.3. The summed E-state index contributed by atoms with van der Waals surface area (Å²) in [6.07, 6.45) is 2.95. The summed E-state index contributed by atoms with van der Waals surface area (Å²) >= 11 is 1.12. The molecule has 1 aromatic heterocycles. The van der Waals surface area contributed by atoms with Gasteiger partial charge in [0.1, 0.15) is 11.5 Å². The van der Waals surface area contributed by atoms with Gasteiger partial charge in [0.15, 0.2) is 11.5 Å². The lowest BCUT2D eigenvalue weighted by Gasteiger charge is -2.15. The highest BCUT2D eigenvalue weighted by Gasteiger charge is 2.18. The van der Waals surface area contributed by atoms with Crippen molar-refractivity contribution in [1.29, 1.82) is 0 Å². The van der Waals surface area contributed by atoms with Crippen molar-refractivity contribution in [1.82, 2.24) is 14.9 Å². The fourth-order valence-electron chi connectivity index (χ4n) is 2.77. The molecule has 1 fully saturated rings. The van der Waals surface area contributed by atoms with Crippen LogP contribution in [0.5, 0.6) is 11.5 Å². The van der Waals surface area contributed by atoms with Gasteiger partial charge in [-0.1, -0.05) is 17.5 Å². The molecule has 8 heteroatoms. The van der Waals surface area contributed by atoms with E-state index in [9.17, 15) is 4.79 Å². The van der Waals surface area contributed by atoms with Crippen molar-refractivity contribution in [3.8, 4) is 11.5 Å². The molecule has 1 amide bonds. The number of hydrogen-bond donors (Lipinski definition) is 1. The second kappa shape index (κ2) is 8.95. The Morgan fingerprint density at radius 2 is 2.31 bits per heavy atom. The molecule has 1 atom stereocenters. The first-order valence-electron chi connectivity index (χ1n) is 8.72. The van der Waals surface area contributed by atoms with Crippen molar-refractivity contribution < 1.29 is 19.0 Å². The maximum absolute atomic E-state index is 12.3. The van der Waals surface area contributed by atoms with Gasteiger partial charge in [0, 0.05) is 13.2 Å². The van der Waals surface area contributed by atoms with E-state index in [0.29, 0.717) is 35.9 Å². The second-order valence-corrected chi connectivity index (χ2v) is 6.77. The van der Waals surface area contributed by atoms with E-state index >= 15 is 0 Å². The first-order chi connectivity index (χ1) is 12.7. The minimum Gasteiger partial charge on any atom is -0.493 e. The summed E-state index contributed by atoms with van der Waals surface area (Å²) < 4.78 is 20.7. The number of carbonyl (C=O) groups excluding carboxylic acids is 1. The Hall–Kier alpha value is -2.19. The number of nitrogens with zero attached hydrogens (tertiary/aromatic N) is 2. The van der Waals surface area contributed by atoms with Crippen LogP contribution in [0.3, 0.4) is 0 Å². The van der Waals surface area contributed by atoms with Crippen LogP contribution in [0.25, 0.3) is 0 Å². The average Bonchev–Trinajstić information content (AvgIpc) is 3.35. The van der Waals surface area contributed by atoms with Gasteiger partial charge in [-0.3, -0.25) is 4.79 Å². The Bertz CT molecular complexity index is 744. The number of rotatable bonds is 8. The van der Waals surface area contributed by atoms with Gasteiger partial charge in [0.2, 0.25) is 0 Å². The zero-order chi connectivity index (χ0) is 18.4. The van der Waals surface area contributed by atoms with Crippen LogP contribution in [-0.4, -0.2) is 41.9 Å². The molecule has 0 saturated carbocycles. The molecule has 0 aliphatic carbocycles. The topological polar surface area (TPSA) is 82.6 Å². The van der Waals surface area contributed by atoms with Crippen molar-refractivity contribution in [2.75, 3.05) is 20.3 Å². The van der Waals surface area contributed by atoms with Crippen LogP contribution in [0.4, 0.5) is 0 Å². The molecule has 0 spiro atoms. The Morgan fingerprint density at radius 1 is 1.42 bits per heavy atom. The Labute approximate surface area is 156 Å². The SMILES string of the molecule is CCc1nnsc1C(=O)NCc1ccc(OCC2CCCO2)c(OC)c1.